The fourth-order valence-corrected chi connectivity index (χ4v) is 1.86. The van der Waals surface area contributed by atoms with Crippen LogP contribution >= 0.6 is 0 Å². The minimum absolute atomic E-state index is 0.0103. The summed E-state index contributed by atoms with van der Waals surface area (Å²) in [5, 5.41) is 0. The second-order valence-corrected chi connectivity index (χ2v) is 6.17. The standard InChI is InChI=1S/C14H32N2/c1-6-7-8-9-10-11-12-13(2,3)14(4,5)16-15/h16H,6-12,15H2,1-5H3. The van der Waals surface area contributed by atoms with E-state index in [1.54, 1.807) is 0 Å². The van der Waals surface area contributed by atoms with Crippen LogP contribution in [0.3, 0.4) is 0 Å². The lowest BCUT2D eigenvalue weighted by atomic mass is 9.71. The van der Waals surface area contributed by atoms with Crippen molar-refractivity contribution < 1.29 is 0 Å². The maximum Gasteiger partial charge on any atom is 0.0315 e. The second-order valence-electron chi connectivity index (χ2n) is 6.17. The van der Waals surface area contributed by atoms with Gasteiger partial charge in [-0.05, 0) is 25.7 Å². The number of rotatable bonds is 9. The van der Waals surface area contributed by atoms with Crippen molar-refractivity contribution in [3.8, 4) is 0 Å². The normalized spacial score (nSPS) is 13.1. The van der Waals surface area contributed by atoms with Crippen molar-refractivity contribution >= 4 is 0 Å². The third kappa shape index (κ3) is 5.31. The highest BCUT2D eigenvalue weighted by molar-refractivity contribution is 4.91. The summed E-state index contributed by atoms with van der Waals surface area (Å²) in [7, 11) is 0. The molecule has 0 fully saturated rings. The first kappa shape index (κ1) is 15.9. The summed E-state index contributed by atoms with van der Waals surface area (Å²) in [6.07, 6.45) is 9.44. The molecule has 0 radical (unpaired) electrons. The maximum absolute atomic E-state index is 5.61. The SMILES string of the molecule is CCCCCCCCC(C)(C)C(C)(C)NN. The van der Waals surface area contributed by atoms with Gasteiger partial charge in [-0.1, -0.05) is 59.3 Å². The quantitative estimate of drug-likeness (QED) is 0.355. The fraction of sp³-hybridized carbons (Fsp3) is 1.00. The first-order valence-corrected chi connectivity index (χ1v) is 6.85. The number of hydrogen-bond acceptors (Lipinski definition) is 2. The molecule has 0 aromatic heterocycles. The largest absolute Gasteiger partial charge is 0.271 e. The van der Waals surface area contributed by atoms with Crippen LogP contribution in [0, 0.1) is 5.41 Å². The Labute approximate surface area is 102 Å². The van der Waals surface area contributed by atoms with E-state index in [4.69, 9.17) is 5.84 Å². The molecule has 0 spiro atoms. The van der Waals surface area contributed by atoms with Gasteiger partial charge >= 0.3 is 0 Å². The minimum Gasteiger partial charge on any atom is -0.271 e. The van der Waals surface area contributed by atoms with Crippen LogP contribution in [0.5, 0.6) is 0 Å². The number of hydrazine groups is 1. The van der Waals surface area contributed by atoms with Gasteiger partial charge in [0.15, 0.2) is 0 Å². The molecule has 0 bridgehead atoms. The van der Waals surface area contributed by atoms with Crippen molar-refractivity contribution in [2.45, 2.75) is 85.1 Å². The molecule has 0 atom stereocenters. The van der Waals surface area contributed by atoms with Crippen molar-refractivity contribution in [3.63, 3.8) is 0 Å². The van der Waals surface area contributed by atoms with Crippen molar-refractivity contribution in [2.75, 3.05) is 0 Å². The van der Waals surface area contributed by atoms with Crippen LogP contribution in [0.2, 0.25) is 0 Å². The Kier molecular flexibility index (Phi) is 7.25. The molecule has 3 N–H and O–H groups in total. The van der Waals surface area contributed by atoms with Gasteiger partial charge < -0.3 is 0 Å². The van der Waals surface area contributed by atoms with Gasteiger partial charge in [0.2, 0.25) is 0 Å². The van der Waals surface area contributed by atoms with E-state index in [-0.39, 0.29) is 11.0 Å². The lowest BCUT2D eigenvalue weighted by Crippen LogP contribution is -2.54. The molecule has 0 aliphatic heterocycles. The van der Waals surface area contributed by atoms with Crippen molar-refractivity contribution in [1.82, 2.24) is 5.43 Å². The minimum atomic E-state index is 0.0103. The maximum atomic E-state index is 5.61. The molecule has 0 aliphatic carbocycles. The lowest BCUT2D eigenvalue weighted by Gasteiger charge is -2.41. The molecule has 2 nitrogen and oxygen atoms in total. The number of unbranched alkanes of at least 4 members (excludes halogenated alkanes) is 5. The Morgan fingerprint density at radius 1 is 0.875 bits per heavy atom. The number of nitrogens with two attached hydrogens (primary N) is 1. The van der Waals surface area contributed by atoms with E-state index in [1.165, 1.54) is 44.9 Å². The van der Waals surface area contributed by atoms with E-state index in [2.05, 4.69) is 40.0 Å². The molecule has 2 heteroatoms. The summed E-state index contributed by atoms with van der Waals surface area (Å²) in [6, 6.07) is 0. The monoisotopic (exact) mass is 228 g/mol. The van der Waals surface area contributed by atoms with Crippen molar-refractivity contribution in [2.24, 2.45) is 11.3 Å². The summed E-state index contributed by atoms with van der Waals surface area (Å²) in [5.74, 6) is 5.61. The van der Waals surface area contributed by atoms with E-state index in [1.807, 2.05) is 0 Å². The third-order valence-electron chi connectivity index (χ3n) is 4.21. The van der Waals surface area contributed by atoms with E-state index in [0.717, 1.165) is 0 Å². The Bertz CT molecular complexity index is 174. The van der Waals surface area contributed by atoms with Crippen LogP contribution in [0.4, 0.5) is 0 Å². The van der Waals surface area contributed by atoms with Gasteiger partial charge in [0, 0.05) is 5.54 Å². The smallest absolute Gasteiger partial charge is 0.0315 e. The molecule has 16 heavy (non-hydrogen) atoms. The predicted octanol–water partition coefficient (Wildman–Crippen LogP) is 4.01. The van der Waals surface area contributed by atoms with Gasteiger partial charge in [-0.25, -0.2) is 0 Å². The molecule has 0 aliphatic rings. The molecule has 0 aromatic rings. The first-order chi connectivity index (χ1) is 7.37. The van der Waals surface area contributed by atoms with Gasteiger partial charge in [0.25, 0.3) is 0 Å². The predicted molar refractivity (Wildman–Crippen MR) is 73.2 cm³/mol. The van der Waals surface area contributed by atoms with E-state index < -0.39 is 0 Å². The Balaban J connectivity index is 3.74. The Morgan fingerprint density at radius 3 is 1.88 bits per heavy atom. The van der Waals surface area contributed by atoms with Crippen LogP contribution in [0.25, 0.3) is 0 Å². The van der Waals surface area contributed by atoms with Crippen LogP contribution < -0.4 is 11.3 Å². The molecule has 0 saturated heterocycles. The summed E-state index contributed by atoms with van der Waals surface area (Å²) in [6.45, 7) is 11.2. The average molecular weight is 228 g/mol. The fourth-order valence-electron chi connectivity index (χ4n) is 1.86. The molecule has 0 saturated carbocycles. The van der Waals surface area contributed by atoms with E-state index >= 15 is 0 Å². The van der Waals surface area contributed by atoms with Gasteiger partial charge in [-0.2, -0.15) is 0 Å². The summed E-state index contributed by atoms with van der Waals surface area (Å²) >= 11 is 0. The molecule has 0 heterocycles. The van der Waals surface area contributed by atoms with Crippen LogP contribution in [0.1, 0.15) is 79.6 Å². The van der Waals surface area contributed by atoms with Gasteiger partial charge in [-0.15, -0.1) is 0 Å². The first-order valence-electron chi connectivity index (χ1n) is 6.85. The molecule has 0 aromatic carbocycles. The Morgan fingerprint density at radius 2 is 1.38 bits per heavy atom. The highest BCUT2D eigenvalue weighted by Gasteiger charge is 2.35. The molecular formula is C14H32N2. The highest BCUT2D eigenvalue weighted by Crippen LogP contribution is 2.35. The molecule has 0 unspecified atom stereocenters. The van der Waals surface area contributed by atoms with Gasteiger partial charge in [0.05, 0.1) is 0 Å². The zero-order valence-electron chi connectivity index (χ0n) is 12.0. The number of hydrogen-bond donors (Lipinski definition) is 2. The summed E-state index contributed by atoms with van der Waals surface area (Å²) < 4.78 is 0. The Hall–Kier alpha value is -0.0800. The highest BCUT2D eigenvalue weighted by atomic mass is 15.3. The zero-order valence-corrected chi connectivity index (χ0v) is 12.0. The number of nitrogens with one attached hydrogen (secondary N) is 1. The third-order valence-corrected chi connectivity index (χ3v) is 4.21. The van der Waals surface area contributed by atoms with E-state index in [9.17, 15) is 0 Å². The second kappa shape index (κ2) is 7.29. The van der Waals surface area contributed by atoms with Gasteiger partial charge in [-0.3, -0.25) is 11.3 Å². The topological polar surface area (TPSA) is 38.0 Å². The van der Waals surface area contributed by atoms with Crippen LogP contribution in [0.15, 0.2) is 0 Å². The average Bonchev–Trinajstić information content (AvgIpc) is 2.23. The van der Waals surface area contributed by atoms with Crippen molar-refractivity contribution in [3.05, 3.63) is 0 Å². The van der Waals surface area contributed by atoms with Crippen LogP contribution in [-0.4, -0.2) is 5.54 Å². The summed E-state index contributed by atoms with van der Waals surface area (Å²) in [5.41, 5.74) is 3.21. The van der Waals surface area contributed by atoms with Crippen LogP contribution in [-0.2, 0) is 0 Å². The summed E-state index contributed by atoms with van der Waals surface area (Å²) in [4.78, 5) is 0. The zero-order chi connectivity index (χ0) is 12.7. The molecule has 0 amide bonds. The molecular weight excluding hydrogens is 196 g/mol. The van der Waals surface area contributed by atoms with E-state index in [0.29, 0.717) is 0 Å². The molecule has 0 rings (SSSR count). The van der Waals surface area contributed by atoms with Gasteiger partial charge in [0.1, 0.15) is 0 Å². The molecule has 98 valence electrons. The van der Waals surface area contributed by atoms with Crippen molar-refractivity contribution in [1.29, 1.82) is 0 Å². The lowest BCUT2D eigenvalue weighted by molar-refractivity contribution is 0.138.